The summed E-state index contributed by atoms with van der Waals surface area (Å²) in [6.07, 6.45) is 0. The van der Waals surface area contributed by atoms with Gasteiger partial charge in [0, 0.05) is 6.92 Å². The zero-order valence-electron chi connectivity index (χ0n) is 10.7. The lowest BCUT2D eigenvalue weighted by atomic mass is 10.2. The maximum absolute atomic E-state index is 10.9. The van der Waals surface area contributed by atoms with Crippen LogP contribution in [0.2, 0.25) is 0 Å². The third-order valence-corrected chi connectivity index (χ3v) is 2.63. The molecule has 0 unspecified atom stereocenters. The maximum Gasteiger partial charge on any atom is 0.406 e. The van der Waals surface area contributed by atoms with Crippen LogP contribution >= 0.6 is 0 Å². The van der Waals surface area contributed by atoms with E-state index in [1.54, 1.807) is 37.3 Å². The number of pyridine rings is 1. The predicted octanol–water partition coefficient (Wildman–Crippen LogP) is 2.75. The van der Waals surface area contributed by atoms with Crippen LogP contribution in [0.3, 0.4) is 0 Å². The van der Waals surface area contributed by atoms with E-state index in [2.05, 4.69) is 4.98 Å². The van der Waals surface area contributed by atoms with Gasteiger partial charge in [0.1, 0.15) is 12.3 Å². The van der Waals surface area contributed by atoms with E-state index in [1.165, 1.54) is 6.07 Å². The van der Waals surface area contributed by atoms with Crippen LogP contribution in [0.1, 0.15) is 16.8 Å². The van der Waals surface area contributed by atoms with Crippen LogP contribution in [0.15, 0.2) is 36.4 Å². The molecule has 0 bridgehead atoms. The molecule has 0 aliphatic heterocycles. The zero-order valence-corrected chi connectivity index (χ0v) is 10.7. The van der Waals surface area contributed by atoms with Gasteiger partial charge in [-0.15, -0.1) is 0 Å². The summed E-state index contributed by atoms with van der Waals surface area (Å²) in [7, 11) is 0. The Labute approximate surface area is 115 Å². The molecule has 6 nitrogen and oxygen atoms in total. The fourth-order valence-corrected chi connectivity index (χ4v) is 1.61. The summed E-state index contributed by atoms with van der Waals surface area (Å²) in [5, 5.41) is 19.6. The van der Waals surface area contributed by atoms with Crippen LogP contribution in [-0.2, 0) is 6.61 Å². The summed E-state index contributed by atoms with van der Waals surface area (Å²) in [5.41, 5.74) is 1.93. The molecular formula is C14H11N3O3. The lowest BCUT2D eigenvalue weighted by Crippen LogP contribution is -2.01. The van der Waals surface area contributed by atoms with Gasteiger partial charge in [0.25, 0.3) is 0 Å². The van der Waals surface area contributed by atoms with E-state index in [4.69, 9.17) is 10.00 Å². The van der Waals surface area contributed by atoms with Crippen molar-refractivity contribution < 1.29 is 9.66 Å². The first kappa shape index (κ1) is 13.5. The molecule has 100 valence electrons. The molecule has 1 heterocycles. The van der Waals surface area contributed by atoms with Crippen LogP contribution in [0.25, 0.3) is 0 Å². The molecule has 0 fully saturated rings. The first-order valence-electron chi connectivity index (χ1n) is 5.84. The van der Waals surface area contributed by atoms with Crippen molar-refractivity contribution in [3.8, 4) is 11.8 Å². The summed E-state index contributed by atoms with van der Waals surface area (Å²) < 4.78 is 5.43. The van der Waals surface area contributed by atoms with Crippen LogP contribution in [0, 0.1) is 28.4 Å². The number of hydrogen-bond acceptors (Lipinski definition) is 5. The highest BCUT2D eigenvalue weighted by molar-refractivity contribution is 5.40. The Balaban J connectivity index is 2.14. The molecule has 0 radical (unpaired) electrons. The van der Waals surface area contributed by atoms with Crippen molar-refractivity contribution in [2.45, 2.75) is 13.5 Å². The standard InChI is InChI=1S/C14H11N3O3/c1-10-2-7-13(14(16-10)17(18)19)20-9-12-5-3-11(8-15)4-6-12/h2-7H,9H2,1H3. The van der Waals surface area contributed by atoms with Crippen molar-refractivity contribution in [2.24, 2.45) is 0 Å². The molecule has 20 heavy (non-hydrogen) atoms. The lowest BCUT2D eigenvalue weighted by Gasteiger charge is -2.06. The van der Waals surface area contributed by atoms with Crippen LogP contribution < -0.4 is 4.74 Å². The summed E-state index contributed by atoms with van der Waals surface area (Å²) in [5.74, 6) is -0.163. The molecule has 0 atom stereocenters. The zero-order chi connectivity index (χ0) is 14.5. The minimum Gasteiger partial charge on any atom is -0.481 e. The highest BCUT2D eigenvalue weighted by Gasteiger charge is 2.17. The number of rotatable bonds is 4. The Bertz CT molecular complexity index is 675. The van der Waals surface area contributed by atoms with Gasteiger partial charge in [-0.3, -0.25) is 0 Å². The van der Waals surface area contributed by atoms with Gasteiger partial charge in [0.15, 0.2) is 0 Å². The number of aryl methyl sites for hydroxylation is 1. The third-order valence-electron chi connectivity index (χ3n) is 2.63. The van der Waals surface area contributed by atoms with Crippen molar-refractivity contribution in [1.29, 1.82) is 5.26 Å². The van der Waals surface area contributed by atoms with Gasteiger partial charge < -0.3 is 14.9 Å². The van der Waals surface area contributed by atoms with Crippen molar-refractivity contribution in [3.05, 3.63) is 63.3 Å². The Morgan fingerprint density at radius 2 is 2.00 bits per heavy atom. The number of aromatic nitrogens is 1. The number of nitro groups is 1. The Morgan fingerprint density at radius 1 is 1.30 bits per heavy atom. The van der Waals surface area contributed by atoms with Crippen LogP contribution in [-0.4, -0.2) is 9.91 Å². The average Bonchev–Trinajstić information content (AvgIpc) is 2.46. The van der Waals surface area contributed by atoms with Crippen LogP contribution in [0.5, 0.6) is 5.75 Å². The van der Waals surface area contributed by atoms with Crippen molar-refractivity contribution in [1.82, 2.24) is 4.98 Å². The summed E-state index contributed by atoms with van der Waals surface area (Å²) in [4.78, 5) is 14.2. The van der Waals surface area contributed by atoms with E-state index in [0.717, 1.165) is 5.56 Å². The lowest BCUT2D eigenvalue weighted by molar-refractivity contribution is -0.390. The molecule has 2 aromatic rings. The van der Waals surface area contributed by atoms with E-state index in [9.17, 15) is 10.1 Å². The van der Waals surface area contributed by atoms with Gasteiger partial charge in [-0.25, -0.2) is 0 Å². The minimum absolute atomic E-state index is 0.130. The third kappa shape index (κ3) is 3.09. The molecule has 2 rings (SSSR count). The highest BCUT2D eigenvalue weighted by atomic mass is 16.6. The molecule has 1 aromatic heterocycles. The predicted molar refractivity (Wildman–Crippen MR) is 71.1 cm³/mol. The monoisotopic (exact) mass is 269 g/mol. The molecular weight excluding hydrogens is 258 g/mol. The molecule has 0 aliphatic rings. The van der Waals surface area contributed by atoms with Gasteiger partial charge in [0.05, 0.1) is 11.6 Å². The fourth-order valence-electron chi connectivity index (χ4n) is 1.61. The second-order valence-corrected chi connectivity index (χ2v) is 4.13. The molecule has 0 saturated carbocycles. The highest BCUT2D eigenvalue weighted by Crippen LogP contribution is 2.25. The van der Waals surface area contributed by atoms with Crippen LogP contribution in [0.4, 0.5) is 5.82 Å². The van der Waals surface area contributed by atoms with E-state index < -0.39 is 4.92 Å². The SMILES string of the molecule is Cc1ccc(OCc2ccc(C#N)cc2)c([N+](=O)[O-])n1. The van der Waals surface area contributed by atoms with Gasteiger partial charge in [-0.2, -0.15) is 5.26 Å². The summed E-state index contributed by atoms with van der Waals surface area (Å²) >= 11 is 0. The smallest absolute Gasteiger partial charge is 0.406 e. The van der Waals surface area contributed by atoms with E-state index in [1.807, 2.05) is 6.07 Å². The van der Waals surface area contributed by atoms with E-state index in [0.29, 0.717) is 11.3 Å². The van der Waals surface area contributed by atoms with Gasteiger partial charge in [-0.05, 0) is 39.7 Å². The fraction of sp³-hybridized carbons (Fsp3) is 0.143. The number of nitrogens with zero attached hydrogens (tertiary/aromatic N) is 3. The summed E-state index contributed by atoms with van der Waals surface area (Å²) in [6.45, 7) is 1.86. The molecule has 0 spiro atoms. The topological polar surface area (TPSA) is 89.0 Å². The molecule has 0 amide bonds. The maximum atomic E-state index is 10.9. The van der Waals surface area contributed by atoms with Crippen molar-refractivity contribution in [2.75, 3.05) is 0 Å². The first-order valence-corrected chi connectivity index (χ1v) is 5.84. The van der Waals surface area contributed by atoms with E-state index in [-0.39, 0.29) is 18.2 Å². The van der Waals surface area contributed by atoms with E-state index >= 15 is 0 Å². The van der Waals surface area contributed by atoms with Gasteiger partial charge >= 0.3 is 5.82 Å². The van der Waals surface area contributed by atoms with Gasteiger partial charge in [0.2, 0.25) is 5.75 Å². The molecule has 1 aromatic carbocycles. The van der Waals surface area contributed by atoms with Crippen molar-refractivity contribution in [3.63, 3.8) is 0 Å². The number of ether oxygens (including phenoxy) is 1. The Kier molecular flexibility index (Phi) is 3.91. The molecule has 6 heteroatoms. The average molecular weight is 269 g/mol. The van der Waals surface area contributed by atoms with Gasteiger partial charge in [-0.1, -0.05) is 12.1 Å². The normalized spacial score (nSPS) is 9.80. The second-order valence-electron chi connectivity index (χ2n) is 4.13. The second kappa shape index (κ2) is 5.80. The largest absolute Gasteiger partial charge is 0.481 e. The Morgan fingerprint density at radius 3 is 2.60 bits per heavy atom. The quantitative estimate of drug-likeness (QED) is 0.628. The molecule has 0 saturated heterocycles. The molecule has 0 aliphatic carbocycles. The number of benzene rings is 1. The first-order chi connectivity index (χ1) is 9.60. The number of nitriles is 1. The minimum atomic E-state index is -0.568. The Hall–Kier alpha value is -2.94. The van der Waals surface area contributed by atoms with Crippen molar-refractivity contribution >= 4 is 5.82 Å². The number of hydrogen-bond donors (Lipinski definition) is 0. The summed E-state index contributed by atoms with van der Waals surface area (Å²) in [6, 6.07) is 12.0. The molecule has 0 N–H and O–H groups in total.